The molecule has 0 N–H and O–H groups in total. The van der Waals surface area contributed by atoms with Gasteiger partial charge in [-0.3, -0.25) is 4.79 Å². The van der Waals surface area contributed by atoms with Crippen molar-refractivity contribution in [1.29, 1.82) is 0 Å². The van der Waals surface area contributed by atoms with Crippen LogP contribution in [-0.4, -0.2) is 23.6 Å². The first-order chi connectivity index (χ1) is 17.1. The predicted octanol–water partition coefficient (Wildman–Crippen LogP) is 7.57. The van der Waals surface area contributed by atoms with E-state index in [4.69, 9.17) is 9.47 Å². The first kappa shape index (κ1) is 25.8. The summed E-state index contributed by atoms with van der Waals surface area (Å²) in [7, 11) is 0. The Bertz CT molecular complexity index is 1140. The minimum absolute atomic E-state index is 0.0424. The molecule has 4 nitrogen and oxygen atoms in total. The van der Waals surface area contributed by atoms with Gasteiger partial charge in [-0.05, 0) is 105 Å². The van der Waals surface area contributed by atoms with Crippen LogP contribution in [0.3, 0.4) is 0 Å². The summed E-state index contributed by atoms with van der Waals surface area (Å²) >= 11 is 0. The highest BCUT2D eigenvalue weighted by Crippen LogP contribution is 2.74. The molecule has 1 saturated heterocycles. The molecule has 204 valence electrons. The van der Waals surface area contributed by atoms with E-state index >= 15 is 0 Å². The monoisotopic (exact) mass is 508 g/mol. The largest absolute Gasteiger partial charge is 0.426 e. The second kappa shape index (κ2) is 7.61. The molecule has 6 rings (SSSR count). The topological polar surface area (TPSA) is 52.6 Å². The smallest absolute Gasteiger partial charge is 0.336 e. The lowest BCUT2D eigenvalue weighted by atomic mass is 9.42. The molecule has 9 atom stereocenters. The Hall–Kier alpha value is -1.42. The van der Waals surface area contributed by atoms with E-state index in [0.717, 1.165) is 43.3 Å². The summed E-state index contributed by atoms with van der Waals surface area (Å²) < 4.78 is 12.9. The Morgan fingerprint density at radius 2 is 1.65 bits per heavy atom. The van der Waals surface area contributed by atoms with Crippen LogP contribution in [-0.2, 0) is 19.1 Å². The molecule has 4 aliphatic carbocycles. The fraction of sp³-hybridized carbons (Fsp3) is 0.818. The summed E-state index contributed by atoms with van der Waals surface area (Å²) in [4.78, 5) is 25.1. The van der Waals surface area contributed by atoms with Gasteiger partial charge in [0.2, 0.25) is 5.79 Å². The first-order valence-electron chi connectivity index (χ1n) is 14.9. The van der Waals surface area contributed by atoms with Gasteiger partial charge < -0.3 is 9.47 Å². The van der Waals surface area contributed by atoms with Gasteiger partial charge in [-0.2, -0.15) is 0 Å². The highest BCUT2D eigenvalue weighted by molar-refractivity contribution is 5.92. The fourth-order valence-corrected chi connectivity index (χ4v) is 11.5. The van der Waals surface area contributed by atoms with Crippen LogP contribution in [0.4, 0.5) is 0 Å². The van der Waals surface area contributed by atoms with E-state index in [1.807, 2.05) is 20.8 Å². The average molecular weight is 509 g/mol. The van der Waals surface area contributed by atoms with Gasteiger partial charge in [0.25, 0.3) is 0 Å². The van der Waals surface area contributed by atoms with Gasteiger partial charge >= 0.3 is 5.97 Å². The van der Waals surface area contributed by atoms with Gasteiger partial charge in [0.1, 0.15) is 5.78 Å². The van der Waals surface area contributed by atoms with Crippen molar-refractivity contribution in [2.75, 3.05) is 0 Å². The maximum atomic E-state index is 12.6. The zero-order valence-electron chi connectivity index (χ0n) is 24.7. The Balaban J connectivity index is 1.39. The highest BCUT2D eigenvalue weighted by Gasteiger charge is 2.69. The fourth-order valence-electron chi connectivity index (χ4n) is 11.5. The molecule has 0 amide bonds. The number of fused-ring (bicyclic) bond motifs is 6. The van der Waals surface area contributed by atoms with E-state index < -0.39 is 5.79 Å². The summed E-state index contributed by atoms with van der Waals surface area (Å²) in [5, 5.41) is 0. The molecule has 0 radical (unpaired) electrons. The maximum absolute atomic E-state index is 12.6. The maximum Gasteiger partial charge on any atom is 0.336 e. The standard InChI is InChI=1S/C33H48O4/c1-18-16-33(20(3)19(2)28(35)37-33)36-25-17-32(9)24-10-11-26-29(5,6)22(21(4)34)12-14-30(26,7)23(24)13-15-31(32,8)27(18)25/h18,22,25-27H,10-17H2,1-9H3/t18-,22+,25-,26+,27+,30-,31-,32+,33?/m1/s1. The molecule has 0 aromatic carbocycles. The van der Waals surface area contributed by atoms with E-state index in [-0.39, 0.29) is 39.7 Å². The Morgan fingerprint density at radius 1 is 0.946 bits per heavy atom. The van der Waals surface area contributed by atoms with E-state index in [2.05, 4.69) is 41.5 Å². The van der Waals surface area contributed by atoms with Crippen molar-refractivity contribution < 1.29 is 19.1 Å². The van der Waals surface area contributed by atoms with Crippen molar-refractivity contribution in [3.05, 3.63) is 22.3 Å². The molecule has 0 aromatic rings. The lowest BCUT2D eigenvalue weighted by molar-refractivity contribution is -0.262. The zero-order valence-corrected chi connectivity index (χ0v) is 24.7. The number of hydrogen-bond donors (Lipinski definition) is 0. The quantitative estimate of drug-likeness (QED) is 0.271. The molecule has 2 heterocycles. The van der Waals surface area contributed by atoms with Crippen LogP contribution in [0.15, 0.2) is 22.3 Å². The summed E-state index contributed by atoms with van der Waals surface area (Å²) in [6, 6.07) is 0. The van der Waals surface area contributed by atoms with Crippen molar-refractivity contribution >= 4 is 11.8 Å². The Morgan fingerprint density at radius 3 is 2.27 bits per heavy atom. The van der Waals surface area contributed by atoms with Crippen molar-refractivity contribution in [1.82, 2.24) is 0 Å². The number of ether oxygens (including phenoxy) is 2. The summed E-state index contributed by atoms with van der Waals surface area (Å²) in [5.41, 5.74) is 5.67. The van der Waals surface area contributed by atoms with Crippen LogP contribution >= 0.6 is 0 Å². The third kappa shape index (κ3) is 3.00. The van der Waals surface area contributed by atoms with Crippen LogP contribution in [0.25, 0.3) is 0 Å². The molecule has 0 aromatic heterocycles. The van der Waals surface area contributed by atoms with E-state index in [9.17, 15) is 9.59 Å². The normalized spacial score (nSPS) is 50.4. The van der Waals surface area contributed by atoms with Crippen LogP contribution < -0.4 is 0 Å². The summed E-state index contributed by atoms with van der Waals surface area (Å²) in [6.07, 6.45) is 8.77. The molecule has 4 heteroatoms. The SMILES string of the molecule is CC(=O)[C@@H]1CC[C@]2(C)C3=C(CC[C@H]2C1(C)C)[C@]1(C)C[C@H]2OC4(C[C@@H](C)[C@@H]2[C@@]1(C)CC3)OC(=O)C(C)=C4C. The minimum atomic E-state index is -0.863. The average Bonchev–Trinajstić information content (AvgIpc) is 3.14. The summed E-state index contributed by atoms with van der Waals surface area (Å²) in [5.74, 6) is 0.949. The van der Waals surface area contributed by atoms with Crippen molar-refractivity contribution in [3.63, 3.8) is 0 Å². The number of carbonyl (C=O) groups is 2. The Labute approximate surface area is 224 Å². The van der Waals surface area contributed by atoms with Gasteiger partial charge in [-0.1, -0.05) is 52.7 Å². The second-order valence-corrected chi connectivity index (χ2v) is 15.2. The van der Waals surface area contributed by atoms with E-state index in [1.54, 1.807) is 11.1 Å². The Kier molecular flexibility index (Phi) is 5.31. The van der Waals surface area contributed by atoms with Gasteiger partial charge in [0.15, 0.2) is 0 Å². The molecule has 1 spiro atoms. The number of allylic oxidation sites excluding steroid dienone is 2. The zero-order chi connectivity index (χ0) is 26.9. The number of rotatable bonds is 1. The van der Waals surface area contributed by atoms with Crippen molar-refractivity contribution in [2.45, 2.75) is 126 Å². The molecule has 2 aliphatic heterocycles. The molecular weight excluding hydrogens is 460 g/mol. The number of Topliss-reactive ketones (excluding diaryl/α,β-unsaturated/α-hetero) is 1. The molecule has 37 heavy (non-hydrogen) atoms. The van der Waals surface area contributed by atoms with Gasteiger partial charge in [-0.25, -0.2) is 4.79 Å². The van der Waals surface area contributed by atoms with E-state index in [1.165, 1.54) is 19.3 Å². The third-order valence-electron chi connectivity index (χ3n) is 13.6. The first-order valence-corrected chi connectivity index (χ1v) is 14.9. The van der Waals surface area contributed by atoms with Crippen LogP contribution in [0.1, 0.15) is 114 Å². The lowest BCUT2D eigenvalue weighted by Crippen LogP contribution is -2.55. The number of esters is 1. The van der Waals surface area contributed by atoms with E-state index in [0.29, 0.717) is 23.5 Å². The van der Waals surface area contributed by atoms with Crippen LogP contribution in [0.2, 0.25) is 0 Å². The van der Waals surface area contributed by atoms with Crippen LogP contribution in [0, 0.1) is 45.3 Å². The molecule has 1 unspecified atom stereocenters. The molecule has 3 fully saturated rings. The number of hydrogen-bond acceptors (Lipinski definition) is 4. The minimum Gasteiger partial charge on any atom is -0.426 e. The molecule has 0 bridgehead atoms. The molecule has 2 saturated carbocycles. The second-order valence-electron chi connectivity index (χ2n) is 15.2. The molecular formula is C33H48O4. The molecule has 6 aliphatic rings. The van der Waals surface area contributed by atoms with Crippen molar-refractivity contribution in [2.24, 2.45) is 45.3 Å². The van der Waals surface area contributed by atoms with Gasteiger partial charge in [0, 0.05) is 23.5 Å². The number of carbonyl (C=O) groups excluding carboxylic acids is 2. The van der Waals surface area contributed by atoms with Gasteiger partial charge in [0.05, 0.1) is 6.10 Å². The van der Waals surface area contributed by atoms with Crippen molar-refractivity contribution in [3.8, 4) is 0 Å². The van der Waals surface area contributed by atoms with Crippen LogP contribution in [0.5, 0.6) is 0 Å². The highest BCUT2D eigenvalue weighted by atomic mass is 16.7. The third-order valence-corrected chi connectivity index (χ3v) is 13.6. The van der Waals surface area contributed by atoms with Gasteiger partial charge in [-0.15, -0.1) is 0 Å². The predicted molar refractivity (Wildman–Crippen MR) is 144 cm³/mol. The summed E-state index contributed by atoms with van der Waals surface area (Å²) in [6.45, 7) is 20.5. The lowest BCUT2D eigenvalue weighted by Gasteiger charge is -2.62. The number of ketones is 1.